The van der Waals surface area contributed by atoms with Crippen molar-refractivity contribution < 1.29 is 138 Å². The number of carbonyl (C=O) groups is 13. The van der Waals surface area contributed by atoms with Gasteiger partial charge in [-0.25, -0.2) is 33.6 Å². The second kappa shape index (κ2) is 57.2. The maximum absolute atomic E-state index is 11.9. The van der Waals surface area contributed by atoms with Gasteiger partial charge in [-0.2, -0.15) is 0 Å². The van der Waals surface area contributed by atoms with Crippen molar-refractivity contribution in [1.82, 2.24) is 0 Å². The first-order valence-electron chi connectivity index (χ1n) is 36.0. The predicted octanol–water partition coefficient (Wildman–Crippen LogP) is 12.1. The Morgan fingerprint density at radius 2 is 0.651 bits per heavy atom. The first-order chi connectivity index (χ1) is 47.9. The molecule has 29 heteroatoms. The van der Waals surface area contributed by atoms with Crippen LogP contribution in [0.1, 0.15) is 261 Å². The van der Waals surface area contributed by atoms with Crippen molar-refractivity contribution in [2.75, 3.05) is 72.7 Å². The molecule has 0 amide bonds. The smallest absolute Gasteiger partial charge is 0.347 e. The van der Waals surface area contributed by atoms with Crippen LogP contribution in [-0.2, 0) is 138 Å². The van der Waals surface area contributed by atoms with Gasteiger partial charge in [0, 0.05) is 47.8 Å². The van der Waals surface area contributed by atoms with E-state index in [2.05, 4.69) is 76.5 Å². The third kappa shape index (κ3) is 81.1. The van der Waals surface area contributed by atoms with Crippen LogP contribution in [0.5, 0.6) is 0 Å². The summed E-state index contributed by atoms with van der Waals surface area (Å²) in [6, 6.07) is 0. The van der Waals surface area contributed by atoms with Crippen molar-refractivity contribution in [3.63, 3.8) is 0 Å². The fraction of sp³-hybridized carbons (Fsp3) is 0.831. The summed E-state index contributed by atoms with van der Waals surface area (Å²) in [7, 11) is 0. The standard InChI is InChI=1S/C15H26O6.C14H24O6.C13H22O6.C13H24O5.C12H24O3.C10H20O3/c1-9(8-19-12(4)16)20-14(18)11(3)21-13(17)10(2)15(5,6)7;1-9(7-14(4,5)6)19-13(17)10(2)20-12(16)8-18-11(3)15;1-9(19-10(2)14)12(16)18-8-11(15)17-7-6-13(3,4)5;1-6-16-10(2)12(15)18-9-11(14)17-8-7-13(3,4)5;1-9(7-12(4,5)6)14-8-10(2)15-11(3)13;1-9(11)13-8-7-12-6-5-10(2,3)4/h9-11H,8H2,1-7H3;9-10H,7-8H2,1-6H3;9H,6-8H2,1-5H3;10H,6-9H2,1-5H3;9-10H,7-8H2,1-6H3;5-8H2,1-4H3. The molecule has 106 heavy (non-hydrogen) atoms. The van der Waals surface area contributed by atoms with E-state index in [-0.39, 0.29) is 83.1 Å². The van der Waals surface area contributed by atoms with E-state index in [1.807, 2.05) is 76.2 Å². The Kier molecular flexibility index (Phi) is 59.3. The zero-order valence-electron chi connectivity index (χ0n) is 70.8. The van der Waals surface area contributed by atoms with Gasteiger partial charge in [-0.1, -0.05) is 132 Å². The monoisotopic (exact) mass is 1530 g/mol. The maximum Gasteiger partial charge on any atom is 0.347 e. The lowest BCUT2D eigenvalue weighted by Crippen LogP contribution is -2.35. The van der Waals surface area contributed by atoms with E-state index in [0.717, 1.165) is 32.3 Å². The summed E-state index contributed by atoms with van der Waals surface area (Å²) in [6.07, 6.45) is -0.328. The Balaban J connectivity index is -0.000000285. The second-order valence-corrected chi connectivity index (χ2v) is 32.4. The summed E-state index contributed by atoms with van der Waals surface area (Å²) >= 11 is 0. The van der Waals surface area contributed by atoms with Gasteiger partial charge in [-0.15, -0.1) is 0 Å². The Morgan fingerprint density at radius 1 is 0.283 bits per heavy atom. The van der Waals surface area contributed by atoms with Crippen LogP contribution >= 0.6 is 0 Å². The molecule has 0 heterocycles. The molecule has 0 aliphatic rings. The molecule has 0 saturated heterocycles. The average Bonchev–Trinajstić information content (AvgIpc) is 0.870. The molecule has 9 atom stereocenters. The van der Waals surface area contributed by atoms with E-state index in [9.17, 15) is 62.3 Å². The van der Waals surface area contributed by atoms with Crippen LogP contribution in [0.15, 0.2) is 0 Å². The minimum atomic E-state index is -1.03. The fourth-order valence-electron chi connectivity index (χ4n) is 7.28. The third-order valence-electron chi connectivity index (χ3n) is 13.1. The van der Waals surface area contributed by atoms with Crippen molar-refractivity contribution in [3.8, 4) is 0 Å². The van der Waals surface area contributed by atoms with Gasteiger partial charge in [0.25, 0.3) is 0 Å². The molecule has 0 rings (SSSR count). The maximum atomic E-state index is 11.9. The minimum absolute atomic E-state index is 0.0276. The summed E-state index contributed by atoms with van der Waals surface area (Å²) in [5.74, 6) is -7.45. The van der Waals surface area contributed by atoms with E-state index in [1.165, 1.54) is 55.4 Å². The molecule has 0 radical (unpaired) electrons. The number of hydrogen-bond donors (Lipinski definition) is 0. The third-order valence-corrected chi connectivity index (χ3v) is 13.1. The van der Waals surface area contributed by atoms with Crippen LogP contribution in [0.25, 0.3) is 0 Å². The lowest BCUT2D eigenvalue weighted by molar-refractivity contribution is -0.175. The molecular formula is C77H140O29. The topological polar surface area (TPSA) is 370 Å². The highest BCUT2D eigenvalue weighted by Gasteiger charge is 2.32. The summed E-state index contributed by atoms with van der Waals surface area (Å²) in [5, 5.41) is 0. The number of ether oxygens (including phenoxy) is 16. The number of rotatable bonds is 35. The van der Waals surface area contributed by atoms with E-state index >= 15 is 0 Å². The molecule has 0 aromatic heterocycles. The normalized spacial score (nSPS) is 13.8. The van der Waals surface area contributed by atoms with Crippen LogP contribution in [0.3, 0.4) is 0 Å². The zero-order chi connectivity index (χ0) is 84.3. The van der Waals surface area contributed by atoms with Crippen LogP contribution in [-0.4, -0.2) is 199 Å². The quantitative estimate of drug-likeness (QED) is 0.0323. The molecule has 0 fully saturated rings. The van der Waals surface area contributed by atoms with Gasteiger partial charge in [0.15, 0.2) is 44.2 Å². The average molecular weight is 1530 g/mol. The van der Waals surface area contributed by atoms with Gasteiger partial charge in [-0.05, 0) is 127 Å². The molecule has 0 aromatic carbocycles. The largest absolute Gasteiger partial charge is 0.463 e. The van der Waals surface area contributed by atoms with Gasteiger partial charge in [0.2, 0.25) is 0 Å². The van der Waals surface area contributed by atoms with Crippen molar-refractivity contribution in [2.24, 2.45) is 38.4 Å². The molecule has 0 aliphatic carbocycles. The van der Waals surface area contributed by atoms with Crippen molar-refractivity contribution in [2.45, 2.75) is 309 Å². The van der Waals surface area contributed by atoms with Crippen LogP contribution < -0.4 is 0 Å². The van der Waals surface area contributed by atoms with Gasteiger partial charge in [-0.3, -0.25) is 28.8 Å². The van der Waals surface area contributed by atoms with Crippen molar-refractivity contribution in [1.29, 1.82) is 0 Å². The summed E-state index contributed by atoms with van der Waals surface area (Å²) in [6.45, 7) is 62.0. The van der Waals surface area contributed by atoms with Gasteiger partial charge in [0.05, 0.1) is 44.6 Å². The van der Waals surface area contributed by atoms with Gasteiger partial charge < -0.3 is 75.8 Å². The second-order valence-electron chi connectivity index (χ2n) is 32.4. The summed E-state index contributed by atoms with van der Waals surface area (Å²) in [5.41, 5.74) is 0.547. The molecule has 0 saturated carbocycles. The van der Waals surface area contributed by atoms with E-state index < -0.39 is 109 Å². The van der Waals surface area contributed by atoms with Gasteiger partial charge >= 0.3 is 77.6 Å². The number of hydrogen-bond acceptors (Lipinski definition) is 29. The van der Waals surface area contributed by atoms with Crippen molar-refractivity contribution in [3.05, 3.63) is 0 Å². The molecule has 29 nitrogen and oxygen atoms in total. The van der Waals surface area contributed by atoms with E-state index in [0.29, 0.717) is 44.9 Å². The first-order valence-corrected chi connectivity index (χ1v) is 36.0. The fourth-order valence-corrected chi connectivity index (χ4v) is 7.28. The number of esters is 13. The Bertz CT molecular complexity index is 2550. The lowest BCUT2D eigenvalue weighted by Gasteiger charge is -2.26. The molecule has 9 unspecified atom stereocenters. The SMILES string of the molecule is CC(=O)OC(C)C(=O)OCC(=O)OCCC(C)(C)C.CC(=O)OC(C)COC(C)CC(C)(C)C.CC(=O)OCC(=O)OC(C)C(=O)OC(C)CC(C)(C)C.CC(=O)OCC(C)OC(=O)C(C)OC(=O)C(C)C(C)(C)C.CC(=O)OCCOCCC(C)(C)C.CCOC(C)C(=O)OCC(=O)OCCC(C)(C)C. The Labute approximate surface area is 633 Å². The molecule has 0 spiro atoms. The highest BCUT2D eigenvalue weighted by Crippen LogP contribution is 2.28. The Morgan fingerprint density at radius 3 is 1.04 bits per heavy atom. The molecule has 0 N–H and O–H groups in total. The molecular weight excluding hydrogens is 1390 g/mol. The predicted molar refractivity (Wildman–Crippen MR) is 395 cm³/mol. The zero-order valence-corrected chi connectivity index (χ0v) is 70.8. The molecule has 622 valence electrons. The minimum Gasteiger partial charge on any atom is -0.463 e. The lowest BCUT2D eigenvalue weighted by atomic mass is 9.82. The van der Waals surface area contributed by atoms with Crippen molar-refractivity contribution >= 4 is 77.6 Å². The van der Waals surface area contributed by atoms with E-state index in [1.54, 1.807) is 34.6 Å². The highest BCUT2D eigenvalue weighted by atomic mass is 16.6. The molecule has 0 aliphatic heterocycles. The molecule has 0 bridgehead atoms. The first kappa shape index (κ1) is 110. The van der Waals surface area contributed by atoms with Crippen LogP contribution in [0.4, 0.5) is 0 Å². The van der Waals surface area contributed by atoms with E-state index in [4.69, 9.17) is 61.6 Å². The van der Waals surface area contributed by atoms with Gasteiger partial charge in [0.1, 0.15) is 25.4 Å². The summed E-state index contributed by atoms with van der Waals surface area (Å²) < 4.78 is 78.8. The highest BCUT2D eigenvalue weighted by molar-refractivity contribution is 5.82. The van der Waals surface area contributed by atoms with Crippen LogP contribution in [0, 0.1) is 38.4 Å². The van der Waals surface area contributed by atoms with Crippen LogP contribution in [0.2, 0.25) is 0 Å². The molecule has 0 aromatic rings. The Hall–Kier alpha value is -7.01. The summed E-state index contributed by atoms with van der Waals surface area (Å²) in [4.78, 5) is 145. The number of carbonyl (C=O) groups excluding carboxylic acids is 13.